The van der Waals surface area contributed by atoms with Crippen LogP contribution in [0.5, 0.6) is 0 Å². The zero-order chi connectivity index (χ0) is 15.8. The highest BCUT2D eigenvalue weighted by Crippen LogP contribution is 2.34. The quantitative estimate of drug-likeness (QED) is 0.800. The van der Waals surface area contributed by atoms with Crippen LogP contribution >= 0.6 is 0 Å². The third kappa shape index (κ3) is 3.03. The Balaban J connectivity index is 1.56. The maximum atomic E-state index is 5.47. The summed E-state index contributed by atoms with van der Waals surface area (Å²) in [5.41, 5.74) is 3.63. The molecule has 0 saturated heterocycles. The normalized spacial score (nSPS) is 21.6. The van der Waals surface area contributed by atoms with Crippen molar-refractivity contribution in [2.24, 2.45) is 13.0 Å². The molecule has 2 aromatic heterocycles. The molecule has 0 unspecified atom stereocenters. The number of ether oxygens (including phenoxy) is 1. The fourth-order valence-corrected chi connectivity index (χ4v) is 3.45. The summed E-state index contributed by atoms with van der Waals surface area (Å²) in [6, 6.07) is 0.178. The fraction of sp³-hybridized carbons (Fsp3) is 0.688. The van der Waals surface area contributed by atoms with Crippen LogP contribution in [0.4, 0.5) is 0 Å². The first-order valence-electron chi connectivity index (χ1n) is 8.37. The molecule has 1 saturated carbocycles. The molecule has 124 valence electrons. The number of hydrogen-bond donors (Lipinski definition) is 0. The zero-order valence-electron chi connectivity index (χ0n) is 13.9. The number of fused-ring (bicyclic) bond motifs is 1. The van der Waals surface area contributed by atoms with Gasteiger partial charge in [-0.2, -0.15) is 5.10 Å². The molecule has 0 aromatic carbocycles. The third-order valence-corrected chi connectivity index (χ3v) is 4.86. The Bertz CT molecular complexity index is 674. The molecular weight excluding hydrogens is 292 g/mol. The third-order valence-electron chi connectivity index (χ3n) is 4.86. The lowest BCUT2D eigenvalue weighted by Crippen LogP contribution is -2.38. The van der Waals surface area contributed by atoms with Gasteiger partial charge < -0.3 is 4.74 Å². The molecule has 1 fully saturated rings. The van der Waals surface area contributed by atoms with Crippen molar-refractivity contribution in [1.29, 1.82) is 0 Å². The van der Waals surface area contributed by atoms with E-state index in [-0.39, 0.29) is 6.04 Å². The summed E-state index contributed by atoms with van der Waals surface area (Å²) in [5.74, 6) is 0.815. The van der Waals surface area contributed by atoms with Gasteiger partial charge in [-0.25, -0.2) is 4.68 Å². The smallest absolute Gasteiger partial charge is 0.105 e. The van der Waals surface area contributed by atoms with Gasteiger partial charge in [0.25, 0.3) is 0 Å². The summed E-state index contributed by atoms with van der Waals surface area (Å²) in [6.45, 7) is 3.56. The number of methoxy groups -OCH3 is 1. The molecule has 7 heteroatoms. The molecule has 1 atom stereocenters. The molecule has 4 rings (SSSR count). The highest BCUT2D eigenvalue weighted by molar-refractivity contribution is 5.20. The number of nitrogens with zero attached hydrogens (tertiary/aromatic N) is 6. The van der Waals surface area contributed by atoms with E-state index in [1.165, 1.54) is 24.1 Å². The summed E-state index contributed by atoms with van der Waals surface area (Å²) in [4.78, 5) is 2.43. The monoisotopic (exact) mass is 316 g/mol. The number of rotatable bonds is 6. The Kier molecular flexibility index (Phi) is 3.90. The van der Waals surface area contributed by atoms with Crippen molar-refractivity contribution >= 4 is 0 Å². The van der Waals surface area contributed by atoms with Crippen LogP contribution < -0.4 is 0 Å². The van der Waals surface area contributed by atoms with Crippen LogP contribution in [-0.2, 0) is 31.3 Å². The molecule has 7 nitrogen and oxygen atoms in total. The van der Waals surface area contributed by atoms with E-state index < -0.39 is 0 Å². The molecule has 0 radical (unpaired) electrons. The number of aromatic nitrogens is 5. The van der Waals surface area contributed by atoms with Crippen molar-refractivity contribution in [2.45, 2.75) is 38.4 Å². The molecule has 1 aliphatic carbocycles. The van der Waals surface area contributed by atoms with E-state index in [0.717, 1.165) is 37.7 Å². The number of hydrogen-bond acceptors (Lipinski definition) is 5. The van der Waals surface area contributed by atoms with Crippen molar-refractivity contribution in [2.75, 3.05) is 20.3 Å². The van der Waals surface area contributed by atoms with E-state index in [1.807, 2.05) is 17.9 Å². The maximum Gasteiger partial charge on any atom is 0.105 e. The molecule has 0 bridgehead atoms. The maximum absolute atomic E-state index is 5.47. The lowest BCUT2D eigenvalue weighted by Gasteiger charge is -2.34. The Hall–Kier alpha value is -1.73. The van der Waals surface area contributed by atoms with Crippen LogP contribution in [0.1, 0.15) is 35.8 Å². The van der Waals surface area contributed by atoms with Gasteiger partial charge in [-0.05, 0) is 18.8 Å². The summed E-state index contributed by atoms with van der Waals surface area (Å²) in [6.07, 6.45) is 7.69. The average molecular weight is 316 g/mol. The first-order chi connectivity index (χ1) is 11.2. The Morgan fingerprint density at radius 2 is 2.22 bits per heavy atom. The molecule has 3 heterocycles. The van der Waals surface area contributed by atoms with E-state index in [4.69, 9.17) is 4.74 Å². The van der Waals surface area contributed by atoms with Gasteiger partial charge in [0.05, 0.1) is 24.5 Å². The second kappa shape index (κ2) is 6.05. The minimum absolute atomic E-state index is 0.178. The van der Waals surface area contributed by atoms with Gasteiger partial charge in [0.1, 0.15) is 5.69 Å². The second-order valence-electron chi connectivity index (χ2n) is 6.76. The lowest BCUT2D eigenvalue weighted by molar-refractivity contribution is 0.0749. The van der Waals surface area contributed by atoms with Crippen molar-refractivity contribution in [3.8, 4) is 0 Å². The van der Waals surface area contributed by atoms with E-state index in [1.54, 1.807) is 7.11 Å². The van der Waals surface area contributed by atoms with Crippen LogP contribution in [-0.4, -0.2) is 49.9 Å². The van der Waals surface area contributed by atoms with E-state index >= 15 is 0 Å². The van der Waals surface area contributed by atoms with Crippen LogP contribution in [0.25, 0.3) is 0 Å². The molecular formula is C16H24N6O. The topological polar surface area (TPSA) is 61.0 Å². The molecule has 0 N–H and O–H groups in total. The van der Waals surface area contributed by atoms with Gasteiger partial charge in [0.2, 0.25) is 0 Å². The summed E-state index contributed by atoms with van der Waals surface area (Å²) < 4.78 is 9.46. The van der Waals surface area contributed by atoms with Gasteiger partial charge in [-0.15, -0.1) is 5.10 Å². The van der Waals surface area contributed by atoms with Crippen LogP contribution in [0.3, 0.4) is 0 Å². The molecule has 0 spiro atoms. The van der Waals surface area contributed by atoms with Crippen LogP contribution in [0.15, 0.2) is 12.4 Å². The SMILES string of the molecule is COC[C@H]1c2nnn(CC3CC3)c2CCN1Cc1cnn(C)c1. The minimum Gasteiger partial charge on any atom is -0.383 e. The van der Waals surface area contributed by atoms with Gasteiger partial charge >= 0.3 is 0 Å². The van der Waals surface area contributed by atoms with E-state index in [9.17, 15) is 0 Å². The fourth-order valence-electron chi connectivity index (χ4n) is 3.45. The average Bonchev–Trinajstić information content (AvgIpc) is 3.12. The van der Waals surface area contributed by atoms with Crippen molar-refractivity contribution in [1.82, 2.24) is 29.7 Å². The molecule has 23 heavy (non-hydrogen) atoms. The predicted molar refractivity (Wildman–Crippen MR) is 84.7 cm³/mol. The highest BCUT2D eigenvalue weighted by atomic mass is 16.5. The Labute approximate surface area is 136 Å². The van der Waals surface area contributed by atoms with Crippen molar-refractivity contribution in [3.63, 3.8) is 0 Å². The first-order valence-corrected chi connectivity index (χ1v) is 8.37. The number of aryl methyl sites for hydroxylation is 1. The highest BCUT2D eigenvalue weighted by Gasteiger charge is 2.33. The van der Waals surface area contributed by atoms with E-state index in [2.05, 4.69) is 31.2 Å². The first kappa shape index (κ1) is 14.8. The van der Waals surface area contributed by atoms with Crippen LogP contribution in [0.2, 0.25) is 0 Å². The Morgan fingerprint density at radius 3 is 2.91 bits per heavy atom. The zero-order valence-corrected chi connectivity index (χ0v) is 13.9. The molecule has 2 aliphatic rings. The summed E-state index contributed by atoms with van der Waals surface area (Å²) in [5, 5.41) is 13.2. The second-order valence-corrected chi connectivity index (χ2v) is 6.76. The van der Waals surface area contributed by atoms with Crippen LogP contribution in [0, 0.1) is 5.92 Å². The van der Waals surface area contributed by atoms with Gasteiger partial charge in [-0.3, -0.25) is 9.58 Å². The largest absolute Gasteiger partial charge is 0.383 e. The summed E-state index contributed by atoms with van der Waals surface area (Å²) in [7, 11) is 3.71. The summed E-state index contributed by atoms with van der Waals surface area (Å²) >= 11 is 0. The minimum atomic E-state index is 0.178. The molecule has 0 amide bonds. The lowest BCUT2D eigenvalue weighted by atomic mass is 10.0. The van der Waals surface area contributed by atoms with E-state index in [0.29, 0.717) is 6.61 Å². The van der Waals surface area contributed by atoms with Crippen molar-refractivity contribution in [3.05, 3.63) is 29.3 Å². The molecule has 2 aromatic rings. The van der Waals surface area contributed by atoms with Gasteiger partial charge in [0.15, 0.2) is 0 Å². The Morgan fingerprint density at radius 1 is 1.35 bits per heavy atom. The standard InChI is InChI=1S/C16H24N6O/c1-20-8-13(7-17-20)9-21-6-5-14-16(15(21)11-23-2)18-19-22(14)10-12-3-4-12/h7-8,12,15H,3-6,9-11H2,1-2H3/t15-/m0/s1. The van der Waals surface area contributed by atoms with Gasteiger partial charge in [-0.1, -0.05) is 5.21 Å². The van der Waals surface area contributed by atoms with Gasteiger partial charge in [0, 0.05) is 52.0 Å². The molecule has 1 aliphatic heterocycles. The van der Waals surface area contributed by atoms with Crippen molar-refractivity contribution < 1.29 is 4.74 Å². The predicted octanol–water partition coefficient (Wildman–Crippen LogP) is 1.17.